The topological polar surface area (TPSA) is 75.4 Å². The Labute approximate surface area is 145 Å². The standard InChI is InChI=1S/C18H20N6O/c25-18(21-12-15-13-22-24-10-4-7-20-17(15)24)16(23-8-1-2-9-23)14-5-3-6-19-11-14/h3-7,10-11,13,16H,1-2,8-9,12H2,(H,21,25)/t16-/m0/s1. The molecule has 25 heavy (non-hydrogen) atoms. The summed E-state index contributed by atoms with van der Waals surface area (Å²) in [4.78, 5) is 23.7. The van der Waals surface area contributed by atoms with Crippen LogP contribution in [0.15, 0.2) is 49.2 Å². The fourth-order valence-electron chi connectivity index (χ4n) is 3.35. The van der Waals surface area contributed by atoms with Gasteiger partial charge < -0.3 is 5.32 Å². The molecule has 0 saturated carbocycles. The van der Waals surface area contributed by atoms with Crippen LogP contribution in [0.2, 0.25) is 0 Å². The van der Waals surface area contributed by atoms with E-state index in [1.54, 1.807) is 29.3 Å². The Bertz CT molecular complexity index is 856. The number of nitrogens with one attached hydrogen (secondary N) is 1. The molecule has 3 aromatic heterocycles. The second kappa shape index (κ2) is 6.98. The van der Waals surface area contributed by atoms with E-state index in [4.69, 9.17) is 0 Å². The molecular weight excluding hydrogens is 316 g/mol. The number of amides is 1. The van der Waals surface area contributed by atoms with Crippen molar-refractivity contribution >= 4 is 11.6 Å². The van der Waals surface area contributed by atoms with Crippen LogP contribution < -0.4 is 5.32 Å². The zero-order valence-electron chi connectivity index (χ0n) is 13.9. The minimum absolute atomic E-state index is 0.00909. The van der Waals surface area contributed by atoms with Crippen molar-refractivity contribution in [1.29, 1.82) is 0 Å². The number of aromatic nitrogens is 4. The van der Waals surface area contributed by atoms with E-state index in [0.29, 0.717) is 6.54 Å². The van der Waals surface area contributed by atoms with E-state index >= 15 is 0 Å². The summed E-state index contributed by atoms with van der Waals surface area (Å²) in [7, 11) is 0. The van der Waals surface area contributed by atoms with Crippen LogP contribution in [0.5, 0.6) is 0 Å². The van der Waals surface area contributed by atoms with E-state index in [1.165, 1.54) is 0 Å². The molecule has 7 heteroatoms. The number of pyridine rings is 1. The molecule has 4 heterocycles. The highest BCUT2D eigenvalue weighted by atomic mass is 16.2. The molecule has 3 aromatic rings. The highest BCUT2D eigenvalue weighted by Gasteiger charge is 2.29. The number of hydrogen-bond donors (Lipinski definition) is 1. The van der Waals surface area contributed by atoms with Gasteiger partial charge in [-0.2, -0.15) is 5.10 Å². The molecule has 1 atom stereocenters. The van der Waals surface area contributed by atoms with Gasteiger partial charge in [0.2, 0.25) is 5.91 Å². The van der Waals surface area contributed by atoms with Crippen molar-refractivity contribution in [1.82, 2.24) is 29.8 Å². The zero-order chi connectivity index (χ0) is 17.1. The molecule has 1 N–H and O–H groups in total. The molecule has 0 radical (unpaired) electrons. The van der Waals surface area contributed by atoms with E-state index < -0.39 is 0 Å². The molecule has 1 fully saturated rings. The summed E-state index contributed by atoms with van der Waals surface area (Å²) in [5.41, 5.74) is 2.60. The second-order valence-corrected chi connectivity index (χ2v) is 6.21. The molecule has 0 bridgehead atoms. The summed E-state index contributed by atoms with van der Waals surface area (Å²) in [6, 6.07) is 5.37. The summed E-state index contributed by atoms with van der Waals surface area (Å²) in [6.45, 7) is 2.28. The third-order valence-corrected chi connectivity index (χ3v) is 4.56. The first-order chi connectivity index (χ1) is 12.3. The summed E-state index contributed by atoms with van der Waals surface area (Å²) < 4.78 is 1.71. The van der Waals surface area contributed by atoms with E-state index in [1.807, 2.05) is 24.4 Å². The Morgan fingerprint density at radius 1 is 1.20 bits per heavy atom. The molecule has 1 aliphatic heterocycles. The molecule has 0 unspecified atom stereocenters. The number of carbonyl (C=O) groups excluding carboxylic acids is 1. The van der Waals surface area contributed by atoms with Crippen molar-refractivity contribution in [3.8, 4) is 0 Å². The van der Waals surface area contributed by atoms with E-state index in [0.717, 1.165) is 42.7 Å². The fourth-order valence-corrected chi connectivity index (χ4v) is 3.35. The number of fused-ring (bicyclic) bond motifs is 1. The fraction of sp³-hybridized carbons (Fsp3) is 0.333. The molecule has 0 spiro atoms. The third kappa shape index (κ3) is 3.23. The lowest BCUT2D eigenvalue weighted by atomic mass is 10.1. The van der Waals surface area contributed by atoms with Crippen LogP contribution in [-0.4, -0.2) is 43.5 Å². The predicted molar refractivity (Wildman–Crippen MR) is 92.6 cm³/mol. The van der Waals surface area contributed by atoms with Crippen molar-refractivity contribution < 1.29 is 4.79 Å². The van der Waals surface area contributed by atoms with Crippen molar-refractivity contribution in [2.75, 3.05) is 13.1 Å². The highest BCUT2D eigenvalue weighted by Crippen LogP contribution is 2.25. The van der Waals surface area contributed by atoms with Crippen LogP contribution in [0.4, 0.5) is 0 Å². The number of rotatable bonds is 5. The number of likely N-dealkylation sites (tertiary alicyclic amines) is 1. The third-order valence-electron chi connectivity index (χ3n) is 4.56. The lowest BCUT2D eigenvalue weighted by Gasteiger charge is -2.26. The second-order valence-electron chi connectivity index (χ2n) is 6.21. The van der Waals surface area contributed by atoms with Crippen molar-refractivity contribution in [2.24, 2.45) is 0 Å². The van der Waals surface area contributed by atoms with Gasteiger partial charge in [0.15, 0.2) is 5.65 Å². The van der Waals surface area contributed by atoms with E-state index in [2.05, 4.69) is 25.3 Å². The van der Waals surface area contributed by atoms with Gasteiger partial charge in [-0.15, -0.1) is 0 Å². The van der Waals surface area contributed by atoms with E-state index in [-0.39, 0.29) is 11.9 Å². The van der Waals surface area contributed by atoms with Gasteiger partial charge in [0.1, 0.15) is 6.04 Å². The maximum Gasteiger partial charge on any atom is 0.242 e. The van der Waals surface area contributed by atoms with Gasteiger partial charge >= 0.3 is 0 Å². The summed E-state index contributed by atoms with van der Waals surface area (Å²) in [5, 5.41) is 7.31. The molecule has 1 saturated heterocycles. The zero-order valence-corrected chi connectivity index (χ0v) is 13.9. The highest BCUT2D eigenvalue weighted by molar-refractivity contribution is 5.83. The normalized spacial score (nSPS) is 16.2. The minimum Gasteiger partial charge on any atom is -0.350 e. The SMILES string of the molecule is O=C(NCc1cnn2cccnc12)[C@H](c1cccnc1)N1CCCC1. The molecule has 7 nitrogen and oxygen atoms in total. The average molecular weight is 336 g/mol. The predicted octanol–water partition coefficient (Wildman–Crippen LogP) is 1.58. The van der Waals surface area contributed by atoms with Crippen LogP contribution in [0, 0.1) is 0 Å². The first kappa shape index (κ1) is 15.7. The monoisotopic (exact) mass is 336 g/mol. The maximum atomic E-state index is 12.9. The summed E-state index contributed by atoms with van der Waals surface area (Å²) >= 11 is 0. The maximum absolute atomic E-state index is 12.9. The van der Waals surface area contributed by atoms with Gasteiger partial charge in [0.25, 0.3) is 0 Å². The summed E-state index contributed by atoms with van der Waals surface area (Å²) in [5.74, 6) is -0.00909. The Balaban J connectivity index is 1.52. The van der Waals surface area contributed by atoms with Crippen LogP contribution >= 0.6 is 0 Å². The van der Waals surface area contributed by atoms with Gasteiger partial charge in [-0.1, -0.05) is 6.07 Å². The van der Waals surface area contributed by atoms with Crippen molar-refractivity contribution in [2.45, 2.75) is 25.4 Å². The van der Waals surface area contributed by atoms with Crippen LogP contribution in [0.3, 0.4) is 0 Å². The number of hydrogen-bond acceptors (Lipinski definition) is 5. The molecule has 0 aliphatic carbocycles. The Morgan fingerprint density at radius 2 is 2.08 bits per heavy atom. The van der Waals surface area contributed by atoms with Crippen LogP contribution in [-0.2, 0) is 11.3 Å². The van der Waals surface area contributed by atoms with E-state index in [9.17, 15) is 4.79 Å². The molecule has 1 aliphatic rings. The van der Waals surface area contributed by atoms with Gasteiger partial charge in [-0.05, 0) is 43.6 Å². The molecule has 4 rings (SSSR count). The lowest BCUT2D eigenvalue weighted by molar-refractivity contribution is -0.126. The van der Waals surface area contributed by atoms with Gasteiger partial charge in [-0.25, -0.2) is 9.50 Å². The minimum atomic E-state index is -0.300. The molecule has 1 amide bonds. The first-order valence-electron chi connectivity index (χ1n) is 8.52. The Hall–Kier alpha value is -2.80. The molecule has 128 valence electrons. The Kier molecular flexibility index (Phi) is 4.39. The smallest absolute Gasteiger partial charge is 0.242 e. The van der Waals surface area contributed by atoms with Crippen LogP contribution in [0.1, 0.15) is 30.0 Å². The largest absolute Gasteiger partial charge is 0.350 e. The lowest BCUT2D eigenvalue weighted by Crippen LogP contribution is -2.39. The average Bonchev–Trinajstić information content (AvgIpc) is 3.31. The van der Waals surface area contributed by atoms with Crippen molar-refractivity contribution in [3.63, 3.8) is 0 Å². The van der Waals surface area contributed by atoms with Gasteiger partial charge in [0.05, 0.1) is 6.20 Å². The molecule has 0 aromatic carbocycles. The van der Waals surface area contributed by atoms with Gasteiger partial charge in [-0.3, -0.25) is 14.7 Å². The number of carbonyl (C=O) groups is 1. The van der Waals surface area contributed by atoms with Gasteiger partial charge in [0, 0.05) is 36.9 Å². The summed E-state index contributed by atoms with van der Waals surface area (Å²) in [6.07, 6.45) is 11.1. The van der Waals surface area contributed by atoms with Crippen molar-refractivity contribution in [3.05, 3.63) is 60.3 Å². The Morgan fingerprint density at radius 3 is 2.88 bits per heavy atom. The molecular formula is C18H20N6O. The van der Waals surface area contributed by atoms with Crippen LogP contribution in [0.25, 0.3) is 5.65 Å². The first-order valence-corrected chi connectivity index (χ1v) is 8.52. The quantitative estimate of drug-likeness (QED) is 0.765. The number of nitrogens with zero attached hydrogens (tertiary/aromatic N) is 5.